The maximum absolute atomic E-state index is 5.60. The second kappa shape index (κ2) is 8.30. The number of benzene rings is 2. The predicted octanol–water partition coefficient (Wildman–Crippen LogP) is 4.26. The highest BCUT2D eigenvalue weighted by molar-refractivity contribution is 5.80. The molecule has 1 aliphatic carbocycles. The van der Waals surface area contributed by atoms with Gasteiger partial charge >= 0.3 is 0 Å². The second-order valence-corrected chi connectivity index (χ2v) is 7.15. The molecule has 144 valence electrons. The van der Waals surface area contributed by atoms with Crippen molar-refractivity contribution in [3.63, 3.8) is 0 Å². The molecule has 1 aromatic heterocycles. The first kappa shape index (κ1) is 18.3. The summed E-state index contributed by atoms with van der Waals surface area (Å²) in [6, 6.07) is 19.0. The molecule has 1 aliphatic rings. The van der Waals surface area contributed by atoms with Crippen LogP contribution in [-0.2, 0) is 6.54 Å². The standard InChI is InChI=1S/C23H26N4O/c1-3-24-23(27-21-13-20(21)19-12-8-7-9-16(19)2)25-14-18-15-28-22(26-18)17-10-5-4-6-11-17/h4-12,15,20-21H,3,13-14H2,1-2H3,(H2,24,25,27). The molecule has 2 N–H and O–H groups in total. The minimum atomic E-state index is 0.427. The number of guanidine groups is 1. The molecule has 2 unspecified atom stereocenters. The van der Waals surface area contributed by atoms with E-state index in [1.165, 1.54) is 11.1 Å². The van der Waals surface area contributed by atoms with Gasteiger partial charge in [0.2, 0.25) is 5.89 Å². The first-order chi connectivity index (χ1) is 13.7. The van der Waals surface area contributed by atoms with Gasteiger partial charge in [0.25, 0.3) is 0 Å². The van der Waals surface area contributed by atoms with Crippen LogP contribution in [-0.4, -0.2) is 23.5 Å². The van der Waals surface area contributed by atoms with Crippen molar-refractivity contribution in [1.29, 1.82) is 0 Å². The van der Waals surface area contributed by atoms with E-state index in [-0.39, 0.29) is 0 Å². The average molecular weight is 374 g/mol. The van der Waals surface area contributed by atoms with Gasteiger partial charge in [0.05, 0.1) is 6.54 Å². The lowest BCUT2D eigenvalue weighted by molar-refractivity contribution is 0.572. The van der Waals surface area contributed by atoms with Gasteiger partial charge in [-0.15, -0.1) is 0 Å². The van der Waals surface area contributed by atoms with E-state index in [2.05, 4.69) is 53.7 Å². The summed E-state index contributed by atoms with van der Waals surface area (Å²) in [7, 11) is 0. The number of nitrogens with one attached hydrogen (secondary N) is 2. The lowest BCUT2D eigenvalue weighted by Gasteiger charge is -2.11. The summed E-state index contributed by atoms with van der Waals surface area (Å²) in [4.78, 5) is 9.25. The number of oxazole rings is 1. The Balaban J connectivity index is 1.39. The van der Waals surface area contributed by atoms with Crippen LogP contribution in [0.25, 0.3) is 11.5 Å². The van der Waals surface area contributed by atoms with Gasteiger partial charge in [0, 0.05) is 24.1 Å². The van der Waals surface area contributed by atoms with E-state index in [4.69, 9.17) is 9.41 Å². The summed E-state index contributed by atoms with van der Waals surface area (Å²) in [5.41, 5.74) is 4.58. The van der Waals surface area contributed by atoms with Crippen molar-refractivity contribution in [2.75, 3.05) is 6.54 Å². The highest BCUT2D eigenvalue weighted by atomic mass is 16.3. The van der Waals surface area contributed by atoms with Gasteiger partial charge in [0.1, 0.15) is 12.0 Å². The third-order valence-corrected chi connectivity index (χ3v) is 5.02. The minimum Gasteiger partial charge on any atom is -0.444 e. The van der Waals surface area contributed by atoms with Gasteiger partial charge in [0.15, 0.2) is 5.96 Å². The number of aryl methyl sites for hydroxylation is 1. The molecule has 0 radical (unpaired) electrons. The van der Waals surface area contributed by atoms with Crippen LogP contribution in [0.2, 0.25) is 0 Å². The molecular formula is C23H26N4O. The fraction of sp³-hybridized carbons (Fsp3) is 0.304. The van der Waals surface area contributed by atoms with Crippen molar-refractivity contribution >= 4 is 5.96 Å². The van der Waals surface area contributed by atoms with E-state index in [0.717, 1.165) is 30.2 Å². The molecule has 1 heterocycles. The molecule has 3 aromatic rings. The summed E-state index contributed by atoms with van der Waals surface area (Å²) in [5.74, 6) is 2.01. The number of hydrogen-bond donors (Lipinski definition) is 2. The zero-order valence-electron chi connectivity index (χ0n) is 16.4. The van der Waals surface area contributed by atoms with Crippen LogP contribution in [0.1, 0.15) is 36.1 Å². The molecule has 5 heteroatoms. The van der Waals surface area contributed by atoms with Crippen molar-refractivity contribution in [1.82, 2.24) is 15.6 Å². The van der Waals surface area contributed by atoms with Crippen LogP contribution in [0, 0.1) is 6.92 Å². The van der Waals surface area contributed by atoms with E-state index in [0.29, 0.717) is 24.4 Å². The molecule has 0 aliphatic heterocycles. The van der Waals surface area contributed by atoms with E-state index in [1.807, 2.05) is 30.3 Å². The van der Waals surface area contributed by atoms with Crippen molar-refractivity contribution in [2.24, 2.45) is 4.99 Å². The molecule has 2 aromatic carbocycles. The number of aromatic nitrogens is 1. The first-order valence-corrected chi connectivity index (χ1v) is 9.84. The van der Waals surface area contributed by atoms with Crippen LogP contribution >= 0.6 is 0 Å². The molecule has 0 bridgehead atoms. The highest BCUT2D eigenvalue weighted by Crippen LogP contribution is 2.42. The Bertz CT molecular complexity index is 948. The largest absolute Gasteiger partial charge is 0.444 e. The van der Waals surface area contributed by atoms with E-state index in [9.17, 15) is 0 Å². The van der Waals surface area contributed by atoms with Gasteiger partial charge < -0.3 is 15.1 Å². The maximum atomic E-state index is 5.60. The maximum Gasteiger partial charge on any atom is 0.226 e. The number of rotatable bonds is 6. The zero-order valence-corrected chi connectivity index (χ0v) is 16.4. The lowest BCUT2D eigenvalue weighted by atomic mass is 10.0. The molecule has 0 saturated heterocycles. The Morgan fingerprint density at radius 3 is 2.71 bits per heavy atom. The molecule has 0 amide bonds. The van der Waals surface area contributed by atoms with Crippen LogP contribution < -0.4 is 10.6 Å². The van der Waals surface area contributed by atoms with Gasteiger partial charge in [-0.25, -0.2) is 9.98 Å². The summed E-state index contributed by atoms with van der Waals surface area (Å²) >= 11 is 0. The van der Waals surface area contributed by atoms with Crippen molar-refractivity contribution in [3.8, 4) is 11.5 Å². The summed E-state index contributed by atoms with van der Waals surface area (Å²) in [6.07, 6.45) is 2.82. The first-order valence-electron chi connectivity index (χ1n) is 9.84. The summed E-state index contributed by atoms with van der Waals surface area (Å²) < 4.78 is 5.60. The summed E-state index contributed by atoms with van der Waals surface area (Å²) in [6.45, 7) is 5.56. The topological polar surface area (TPSA) is 62.5 Å². The van der Waals surface area contributed by atoms with Crippen LogP contribution in [0.3, 0.4) is 0 Å². The normalized spacial score (nSPS) is 18.7. The fourth-order valence-electron chi connectivity index (χ4n) is 3.45. The highest BCUT2D eigenvalue weighted by Gasteiger charge is 2.39. The average Bonchev–Trinajstić information content (AvgIpc) is 3.31. The van der Waals surface area contributed by atoms with Crippen molar-refractivity contribution in [2.45, 2.75) is 38.8 Å². The molecule has 1 saturated carbocycles. The SMILES string of the molecule is CCNC(=NCc1coc(-c2ccccc2)n1)NC1CC1c1ccccc1C. The van der Waals surface area contributed by atoms with E-state index < -0.39 is 0 Å². The van der Waals surface area contributed by atoms with Crippen LogP contribution in [0.15, 0.2) is 70.3 Å². The van der Waals surface area contributed by atoms with Gasteiger partial charge in [-0.3, -0.25) is 0 Å². The number of aliphatic imine (C=N–C) groups is 1. The smallest absolute Gasteiger partial charge is 0.226 e. The third-order valence-electron chi connectivity index (χ3n) is 5.02. The third kappa shape index (κ3) is 4.25. The molecule has 4 rings (SSSR count). The molecular weight excluding hydrogens is 348 g/mol. The second-order valence-electron chi connectivity index (χ2n) is 7.15. The Labute approximate surface area is 165 Å². The monoisotopic (exact) mass is 374 g/mol. The van der Waals surface area contributed by atoms with E-state index in [1.54, 1.807) is 6.26 Å². The molecule has 2 atom stereocenters. The predicted molar refractivity (Wildman–Crippen MR) is 112 cm³/mol. The molecule has 5 nitrogen and oxygen atoms in total. The lowest BCUT2D eigenvalue weighted by Crippen LogP contribution is -2.39. The van der Waals surface area contributed by atoms with Crippen molar-refractivity contribution < 1.29 is 4.42 Å². The Morgan fingerprint density at radius 1 is 1.14 bits per heavy atom. The van der Waals surface area contributed by atoms with Gasteiger partial charge in [-0.05, 0) is 43.5 Å². The molecule has 0 spiro atoms. The minimum absolute atomic E-state index is 0.427. The van der Waals surface area contributed by atoms with Crippen molar-refractivity contribution in [3.05, 3.63) is 77.7 Å². The zero-order chi connectivity index (χ0) is 19.3. The van der Waals surface area contributed by atoms with Crippen LogP contribution in [0.4, 0.5) is 0 Å². The quantitative estimate of drug-likeness (QED) is 0.500. The molecule has 1 fully saturated rings. The number of nitrogens with zero attached hydrogens (tertiary/aromatic N) is 2. The van der Waals surface area contributed by atoms with Gasteiger partial charge in [-0.1, -0.05) is 42.5 Å². The number of hydrogen-bond acceptors (Lipinski definition) is 3. The molecule has 28 heavy (non-hydrogen) atoms. The summed E-state index contributed by atoms with van der Waals surface area (Å²) in [5, 5.41) is 6.89. The van der Waals surface area contributed by atoms with Crippen LogP contribution in [0.5, 0.6) is 0 Å². The van der Waals surface area contributed by atoms with Gasteiger partial charge in [-0.2, -0.15) is 0 Å². The Kier molecular flexibility index (Phi) is 5.42. The van der Waals surface area contributed by atoms with E-state index >= 15 is 0 Å². The fourth-order valence-corrected chi connectivity index (χ4v) is 3.45. The Hall–Kier alpha value is -3.08. The Morgan fingerprint density at radius 2 is 1.93 bits per heavy atom.